The number of rotatable bonds is 5. The molecule has 0 unspecified atom stereocenters. The molecule has 170 valence electrons. The van der Waals surface area contributed by atoms with E-state index in [1.54, 1.807) is 12.3 Å². The van der Waals surface area contributed by atoms with Crippen LogP contribution in [0.25, 0.3) is 10.2 Å². The topological polar surface area (TPSA) is 107 Å². The Morgan fingerprint density at radius 2 is 2.09 bits per heavy atom. The van der Waals surface area contributed by atoms with E-state index in [-0.39, 0.29) is 23.7 Å². The van der Waals surface area contributed by atoms with Gasteiger partial charge in [-0.1, -0.05) is 20.8 Å². The Hall–Kier alpha value is -2.52. The minimum Gasteiger partial charge on any atom is -0.466 e. The molecule has 1 amide bonds. The van der Waals surface area contributed by atoms with Gasteiger partial charge in [0.05, 0.1) is 24.4 Å². The molecule has 0 bridgehead atoms. The summed E-state index contributed by atoms with van der Waals surface area (Å²) in [6.45, 7) is 8.94. The normalized spacial score (nSPS) is 16.1. The number of nitrogens with one attached hydrogen (secondary N) is 1. The molecule has 4 rings (SSSR count). The molecule has 3 aromatic heterocycles. The molecule has 1 aliphatic carbocycles. The van der Waals surface area contributed by atoms with Gasteiger partial charge in [0.1, 0.15) is 9.71 Å². The number of ether oxygens (including phenoxy) is 1. The number of thiophene rings is 1. The number of aryl methyl sites for hydroxylation is 1. The number of thiazole rings is 1. The Kier molecular flexibility index (Phi) is 6.22. The summed E-state index contributed by atoms with van der Waals surface area (Å²) >= 11 is 2.57. The molecule has 3 heterocycles. The van der Waals surface area contributed by atoms with Gasteiger partial charge >= 0.3 is 5.97 Å². The van der Waals surface area contributed by atoms with Gasteiger partial charge in [-0.2, -0.15) is 0 Å². The molecule has 9 heteroatoms. The van der Waals surface area contributed by atoms with E-state index < -0.39 is 0 Å². The van der Waals surface area contributed by atoms with Crippen LogP contribution < -0.4 is 11.1 Å². The summed E-state index contributed by atoms with van der Waals surface area (Å²) in [6.07, 6.45) is 3.15. The Morgan fingerprint density at radius 1 is 1.31 bits per heavy atom. The second-order valence-corrected chi connectivity index (χ2v) is 11.0. The van der Waals surface area contributed by atoms with Crippen LogP contribution in [0.3, 0.4) is 0 Å². The highest BCUT2D eigenvalue weighted by Gasteiger charge is 2.30. The van der Waals surface area contributed by atoms with Crippen molar-refractivity contribution in [2.75, 3.05) is 17.7 Å². The lowest BCUT2D eigenvalue weighted by Gasteiger charge is -2.34. The van der Waals surface area contributed by atoms with Crippen molar-refractivity contribution in [3.05, 3.63) is 33.3 Å². The van der Waals surface area contributed by atoms with Crippen LogP contribution in [-0.2, 0) is 28.8 Å². The van der Waals surface area contributed by atoms with E-state index in [1.165, 1.54) is 28.2 Å². The van der Waals surface area contributed by atoms with Crippen LogP contribution in [0.1, 0.15) is 60.7 Å². The Morgan fingerprint density at radius 3 is 2.81 bits per heavy atom. The van der Waals surface area contributed by atoms with Gasteiger partial charge in [-0.25, -0.2) is 9.97 Å². The van der Waals surface area contributed by atoms with E-state index in [0.717, 1.165) is 35.2 Å². The fourth-order valence-corrected chi connectivity index (χ4v) is 5.75. The maximum absolute atomic E-state index is 12.9. The number of carbonyl (C=O) groups excluding carboxylic acids is 2. The second kappa shape index (κ2) is 8.78. The molecular weight excluding hydrogens is 444 g/mol. The van der Waals surface area contributed by atoms with Gasteiger partial charge in [0.15, 0.2) is 5.13 Å². The number of anilines is 2. The molecule has 0 saturated carbocycles. The number of carbonyl (C=O) groups is 2. The summed E-state index contributed by atoms with van der Waals surface area (Å²) in [7, 11) is 0. The molecule has 0 aromatic carbocycles. The van der Waals surface area contributed by atoms with Gasteiger partial charge in [-0.15, -0.1) is 22.7 Å². The van der Waals surface area contributed by atoms with Crippen LogP contribution in [0.2, 0.25) is 0 Å². The molecule has 0 fully saturated rings. The number of esters is 1. The van der Waals surface area contributed by atoms with E-state index in [9.17, 15) is 9.59 Å². The van der Waals surface area contributed by atoms with Gasteiger partial charge < -0.3 is 10.5 Å². The molecule has 0 radical (unpaired) electrons. The smallest absolute Gasteiger partial charge is 0.311 e. The van der Waals surface area contributed by atoms with Gasteiger partial charge in [0.25, 0.3) is 5.91 Å². The van der Waals surface area contributed by atoms with Crippen LogP contribution >= 0.6 is 22.7 Å². The number of amides is 1. The SMILES string of the molecule is CCOC(=O)Cc1csc(NC(=O)c2sc3nc4c(cc3c2N)C[C@H](C(C)(C)C)CC4)n1. The van der Waals surface area contributed by atoms with Crippen LogP contribution in [-0.4, -0.2) is 28.5 Å². The third kappa shape index (κ3) is 4.63. The molecule has 7 nitrogen and oxygen atoms in total. The van der Waals surface area contributed by atoms with Crippen molar-refractivity contribution in [1.82, 2.24) is 9.97 Å². The monoisotopic (exact) mass is 472 g/mol. The average Bonchev–Trinajstić information content (AvgIpc) is 3.29. The molecule has 0 saturated heterocycles. The first-order valence-corrected chi connectivity index (χ1v) is 12.5. The van der Waals surface area contributed by atoms with Gasteiger partial charge in [0.2, 0.25) is 0 Å². The number of aromatic nitrogens is 2. The van der Waals surface area contributed by atoms with Crippen LogP contribution in [0.15, 0.2) is 11.4 Å². The Bertz CT molecular complexity index is 1180. The number of pyridine rings is 1. The summed E-state index contributed by atoms with van der Waals surface area (Å²) in [4.78, 5) is 34.9. The van der Waals surface area contributed by atoms with Crippen molar-refractivity contribution < 1.29 is 14.3 Å². The Labute approximate surface area is 195 Å². The van der Waals surface area contributed by atoms with Crippen molar-refractivity contribution in [2.45, 2.75) is 53.4 Å². The highest BCUT2D eigenvalue weighted by Crippen LogP contribution is 2.40. The summed E-state index contributed by atoms with van der Waals surface area (Å²) in [5.41, 5.74) is 10.0. The first-order chi connectivity index (χ1) is 15.2. The minimum atomic E-state index is -0.340. The summed E-state index contributed by atoms with van der Waals surface area (Å²) in [5.74, 6) is -0.0492. The zero-order chi connectivity index (χ0) is 23.0. The summed E-state index contributed by atoms with van der Waals surface area (Å²) in [5, 5.41) is 5.81. The van der Waals surface area contributed by atoms with Crippen molar-refractivity contribution in [3.8, 4) is 0 Å². The fraction of sp³-hybridized carbons (Fsp3) is 0.478. The fourth-order valence-electron chi connectivity index (χ4n) is 4.06. The lowest BCUT2D eigenvalue weighted by molar-refractivity contribution is -0.142. The van der Waals surface area contributed by atoms with E-state index in [1.807, 2.05) is 0 Å². The number of hydrogen-bond donors (Lipinski definition) is 2. The van der Waals surface area contributed by atoms with Crippen LogP contribution in [0, 0.1) is 11.3 Å². The van der Waals surface area contributed by atoms with Crippen molar-refractivity contribution in [2.24, 2.45) is 11.3 Å². The molecule has 1 aliphatic rings. The number of nitrogens with zero attached hydrogens (tertiary/aromatic N) is 2. The van der Waals surface area contributed by atoms with Crippen molar-refractivity contribution in [1.29, 1.82) is 0 Å². The van der Waals surface area contributed by atoms with Crippen LogP contribution in [0.5, 0.6) is 0 Å². The number of nitrogens with two attached hydrogens (primary N) is 1. The van der Waals surface area contributed by atoms with Crippen molar-refractivity contribution >= 4 is 55.6 Å². The Balaban J connectivity index is 1.54. The highest BCUT2D eigenvalue weighted by molar-refractivity contribution is 7.21. The van der Waals surface area contributed by atoms with Gasteiger partial charge in [-0.3, -0.25) is 14.9 Å². The third-order valence-electron chi connectivity index (χ3n) is 5.92. The quantitative estimate of drug-likeness (QED) is 0.514. The number of fused-ring (bicyclic) bond motifs is 2. The predicted molar refractivity (Wildman–Crippen MR) is 129 cm³/mol. The molecule has 3 N–H and O–H groups in total. The largest absolute Gasteiger partial charge is 0.466 e. The van der Waals surface area contributed by atoms with E-state index in [2.05, 4.69) is 37.1 Å². The third-order valence-corrected chi connectivity index (χ3v) is 7.84. The predicted octanol–water partition coefficient (Wildman–Crippen LogP) is 4.84. The lowest BCUT2D eigenvalue weighted by Crippen LogP contribution is -2.27. The zero-order valence-electron chi connectivity index (χ0n) is 18.8. The summed E-state index contributed by atoms with van der Waals surface area (Å²) < 4.78 is 4.94. The lowest BCUT2D eigenvalue weighted by atomic mass is 9.71. The second-order valence-electron chi connectivity index (χ2n) is 9.18. The van der Waals surface area contributed by atoms with Crippen molar-refractivity contribution in [3.63, 3.8) is 0 Å². The molecule has 3 aromatic rings. The molecule has 0 spiro atoms. The molecular formula is C23H28N4O3S2. The maximum atomic E-state index is 12.9. The van der Waals surface area contributed by atoms with Crippen LogP contribution in [0.4, 0.5) is 10.8 Å². The highest BCUT2D eigenvalue weighted by atomic mass is 32.1. The zero-order valence-corrected chi connectivity index (χ0v) is 20.4. The molecule has 0 aliphatic heterocycles. The molecule has 32 heavy (non-hydrogen) atoms. The standard InChI is InChI=1S/C23H28N4O3S2/c1-5-30-17(28)10-14-11-31-22(25-14)27-20(29)19-18(24)15-9-12-8-13(23(2,3)4)6-7-16(12)26-21(15)32-19/h9,11,13H,5-8,10,24H2,1-4H3,(H,25,27,29)/t13-/m1/s1. The maximum Gasteiger partial charge on any atom is 0.311 e. The van der Waals surface area contributed by atoms with Gasteiger partial charge in [0, 0.05) is 16.5 Å². The first-order valence-electron chi connectivity index (χ1n) is 10.8. The van der Waals surface area contributed by atoms with E-state index in [4.69, 9.17) is 15.5 Å². The average molecular weight is 473 g/mol. The number of hydrogen-bond acceptors (Lipinski definition) is 8. The summed E-state index contributed by atoms with van der Waals surface area (Å²) in [6, 6.07) is 2.12. The molecule has 1 atom stereocenters. The van der Waals surface area contributed by atoms with E-state index in [0.29, 0.717) is 33.9 Å². The minimum absolute atomic E-state index is 0.0796. The number of nitrogen functional groups attached to an aromatic ring is 1. The first kappa shape index (κ1) is 22.7. The van der Waals surface area contributed by atoms with Gasteiger partial charge in [-0.05, 0) is 49.1 Å². The van der Waals surface area contributed by atoms with E-state index >= 15 is 0 Å².